The summed E-state index contributed by atoms with van der Waals surface area (Å²) in [5, 5.41) is 0. The van der Waals surface area contributed by atoms with Crippen molar-refractivity contribution in [1.82, 2.24) is 0 Å². The van der Waals surface area contributed by atoms with Crippen molar-refractivity contribution in [3.8, 4) is 11.8 Å². The Labute approximate surface area is 151 Å². The molecule has 3 aromatic rings. The Bertz CT molecular complexity index is 1020. The summed E-state index contributed by atoms with van der Waals surface area (Å²) in [6.07, 6.45) is 0.887. The van der Waals surface area contributed by atoms with Crippen LogP contribution in [0, 0.1) is 11.8 Å². The molecule has 25 heavy (non-hydrogen) atoms. The predicted octanol–water partition coefficient (Wildman–Crippen LogP) is 5.13. The van der Waals surface area contributed by atoms with E-state index >= 15 is 0 Å². The first-order valence-electron chi connectivity index (χ1n) is 7.96. The molecule has 0 aromatic heterocycles. The summed E-state index contributed by atoms with van der Waals surface area (Å²) in [4.78, 5) is 15.5. The van der Waals surface area contributed by atoms with Gasteiger partial charge in [-0.15, -0.1) is 0 Å². The van der Waals surface area contributed by atoms with Crippen molar-refractivity contribution in [3.05, 3.63) is 83.4 Å². The monoisotopic (exact) mass is 341 g/mol. The van der Waals surface area contributed by atoms with Crippen LogP contribution in [0.1, 0.15) is 21.5 Å². The van der Waals surface area contributed by atoms with E-state index in [0.717, 1.165) is 38.6 Å². The molecule has 0 atom stereocenters. The van der Waals surface area contributed by atoms with Crippen molar-refractivity contribution in [1.29, 1.82) is 0 Å². The first kappa shape index (κ1) is 15.6. The van der Waals surface area contributed by atoms with Crippen molar-refractivity contribution < 1.29 is 4.79 Å². The lowest BCUT2D eigenvalue weighted by Crippen LogP contribution is -2.14. The minimum Gasteiger partial charge on any atom is -0.343 e. The van der Waals surface area contributed by atoms with Crippen molar-refractivity contribution in [2.45, 2.75) is 9.79 Å². The number of anilines is 2. The van der Waals surface area contributed by atoms with Gasteiger partial charge in [-0.3, -0.25) is 4.79 Å². The predicted molar refractivity (Wildman–Crippen MR) is 103 cm³/mol. The van der Waals surface area contributed by atoms with Crippen molar-refractivity contribution in [2.24, 2.45) is 0 Å². The summed E-state index contributed by atoms with van der Waals surface area (Å²) >= 11 is 1.68. The molecule has 0 amide bonds. The second-order valence-corrected chi connectivity index (χ2v) is 6.89. The maximum Gasteiger partial charge on any atom is 0.150 e. The van der Waals surface area contributed by atoms with Crippen LogP contribution in [0.3, 0.4) is 0 Å². The van der Waals surface area contributed by atoms with Gasteiger partial charge >= 0.3 is 0 Å². The van der Waals surface area contributed by atoms with Gasteiger partial charge < -0.3 is 4.90 Å². The van der Waals surface area contributed by atoms with Crippen molar-refractivity contribution in [3.63, 3.8) is 0 Å². The first-order valence-corrected chi connectivity index (χ1v) is 8.78. The summed E-state index contributed by atoms with van der Waals surface area (Å²) in [6.45, 7) is 0. The highest BCUT2D eigenvalue weighted by molar-refractivity contribution is 7.99. The van der Waals surface area contributed by atoms with E-state index in [1.54, 1.807) is 11.8 Å². The standard InChI is InChI=1S/C22H15NOS/c1-23-19-11-9-17(8-7-16-5-3-2-4-6-16)13-21(19)25-22-14-18(15-24)10-12-20(22)23/h2-6,9-15H,1H3. The summed E-state index contributed by atoms with van der Waals surface area (Å²) in [5.41, 5.74) is 4.96. The fourth-order valence-electron chi connectivity index (χ4n) is 2.83. The van der Waals surface area contributed by atoms with Gasteiger partial charge in [-0.2, -0.15) is 0 Å². The third-order valence-corrected chi connectivity index (χ3v) is 5.24. The largest absolute Gasteiger partial charge is 0.343 e. The number of hydrogen-bond acceptors (Lipinski definition) is 3. The zero-order valence-corrected chi connectivity index (χ0v) is 14.5. The molecule has 0 bridgehead atoms. The topological polar surface area (TPSA) is 20.3 Å². The van der Waals surface area contributed by atoms with Gasteiger partial charge in [0.1, 0.15) is 6.29 Å². The number of benzene rings is 3. The molecule has 0 radical (unpaired) electrons. The molecule has 120 valence electrons. The maximum atomic E-state index is 11.1. The number of carbonyl (C=O) groups is 1. The Morgan fingerprint density at radius 3 is 2.28 bits per heavy atom. The molecule has 1 heterocycles. The second kappa shape index (κ2) is 6.51. The van der Waals surface area contributed by atoms with Crippen molar-refractivity contribution in [2.75, 3.05) is 11.9 Å². The number of carbonyl (C=O) groups excluding carboxylic acids is 1. The average Bonchev–Trinajstić information content (AvgIpc) is 2.66. The van der Waals surface area contributed by atoms with Gasteiger partial charge in [0.25, 0.3) is 0 Å². The van der Waals surface area contributed by atoms with Crippen LogP contribution < -0.4 is 4.90 Å². The minimum absolute atomic E-state index is 0.697. The lowest BCUT2D eigenvalue weighted by molar-refractivity contribution is 0.112. The molecule has 0 fully saturated rings. The van der Waals surface area contributed by atoms with E-state index in [9.17, 15) is 4.79 Å². The fourth-order valence-corrected chi connectivity index (χ4v) is 4.06. The van der Waals surface area contributed by atoms with Gasteiger partial charge in [0.05, 0.1) is 11.4 Å². The van der Waals surface area contributed by atoms with Gasteiger partial charge in [0, 0.05) is 33.5 Å². The number of hydrogen-bond donors (Lipinski definition) is 0. The van der Waals surface area contributed by atoms with Gasteiger partial charge in [0.2, 0.25) is 0 Å². The normalized spacial score (nSPS) is 11.8. The van der Waals surface area contributed by atoms with Crippen LogP contribution in [0.2, 0.25) is 0 Å². The average molecular weight is 341 g/mol. The highest BCUT2D eigenvalue weighted by atomic mass is 32.2. The van der Waals surface area contributed by atoms with Crippen LogP contribution in [0.4, 0.5) is 11.4 Å². The van der Waals surface area contributed by atoms with E-state index < -0.39 is 0 Å². The van der Waals surface area contributed by atoms with Crippen LogP contribution >= 0.6 is 11.8 Å². The van der Waals surface area contributed by atoms with E-state index in [2.05, 4.69) is 34.9 Å². The van der Waals surface area contributed by atoms with E-state index in [1.807, 2.05) is 55.6 Å². The molecule has 4 rings (SSSR count). The molecule has 1 aliphatic rings. The van der Waals surface area contributed by atoms with Crippen LogP contribution in [-0.4, -0.2) is 13.3 Å². The van der Waals surface area contributed by atoms with Crippen LogP contribution in [0.25, 0.3) is 0 Å². The maximum absolute atomic E-state index is 11.1. The highest BCUT2D eigenvalue weighted by Gasteiger charge is 2.21. The molecule has 3 heteroatoms. The third kappa shape index (κ3) is 3.05. The molecule has 0 N–H and O–H groups in total. The molecule has 1 aliphatic heterocycles. The fraction of sp³-hybridized carbons (Fsp3) is 0.0455. The van der Waals surface area contributed by atoms with Gasteiger partial charge in [0.15, 0.2) is 0 Å². The summed E-state index contributed by atoms with van der Waals surface area (Å²) in [6, 6.07) is 22.0. The molecule has 3 aromatic carbocycles. The summed E-state index contributed by atoms with van der Waals surface area (Å²) < 4.78 is 0. The lowest BCUT2D eigenvalue weighted by atomic mass is 10.1. The lowest BCUT2D eigenvalue weighted by Gasteiger charge is -2.29. The van der Waals surface area contributed by atoms with E-state index in [1.165, 1.54) is 0 Å². The molecule has 0 spiro atoms. The second-order valence-electron chi connectivity index (χ2n) is 5.80. The quantitative estimate of drug-likeness (QED) is 0.452. The Hall–Kier alpha value is -2.96. The van der Waals surface area contributed by atoms with Crippen LogP contribution in [-0.2, 0) is 0 Å². The summed E-state index contributed by atoms with van der Waals surface area (Å²) in [5.74, 6) is 6.43. The molecule has 0 unspecified atom stereocenters. The highest BCUT2D eigenvalue weighted by Crippen LogP contribution is 2.47. The third-order valence-electron chi connectivity index (χ3n) is 4.15. The zero-order valence-electron chi connectivity index (χ0n) is 13.7. The molecule has 0 saturated heterocycles. The van der Waals surface area contributed by atoms with E-state index in [0.29, 0.717) is 5.56 Å². The number of nitrogens with zero attached hydrogens (tertiary/aromatic N) is 1. The van der Waals surface area contributed by atoms with Gasteiger partial charge in [-0.1, -0.05) is 41.8 Å². The number of aldehydes is 1. The molecular formula is C22H15NOS. The molecular weight excluding hydrogens is 326 g/mol. The summed E-state index contributed by atoms with van der Waals surface area (Å²) in [7, 11) is 2.05. The smallest absolute Gasteiger partial charge is 0.150 e. The van der Waals surface area contributed by atoms with Crippen LogP contribution in [0.15, 0.2) is 76.5 Å². The van der Waals surface area contributed by atoms with Gasteiger partial charge in [-0.05, 0) is 48.5 Å². The Morgan fingerprint density at radius 1 is 0.840 bits per heavy atom. The van der Waals surface area contributed by atoms with Gasteiger partial charge in [-0.25, -0.2) is 0 Å². The molecule has 2 nitrogen and oxygen atoms in total. The van der Waals surface area contributed by atoms with E-state index in [4.69, 9.17) is 0 Å². The number of fused-ring (bicyclic) bond motifs is 2. The zero-order chi connectivity index (χ0) is 17.2. The minimum atomic E-state index is 0.697. The van der Waals surface area contributed by atoms with Crippen LogP contribution in [0.5, 0.6) is 0 Å². The Kier molecular flexibility index (Phi) is 4.05. The first-order chi connectivity index (χ1) is 12.2. The van der Waals surface area contributed by atoms with E-state index in [-0.39, 0.29) is 0 Å². The van der Waals surface area contributed by atoms with Crippen molar-refractivity contribution >= 4 is 29.4 Å². The molecule has 0 aliphatic carbocycles. The Balaban J connectivity index is 1.70. The SMILES string of the molecule is CN1c2ccc(C#Cc3ccccc3)cc2Sc2cc(C=O)ccc21. The number of rotatable bonds is 1. The molecule has 0 saturated carbocycles. The Morgan fingerprint density at radius 2 is 1.52 bits per heavy atom.